The van der Waals surface area contributed by atoms with Gasteiger partial charge in [0.1, 0.15) is 5.82 Å². The second kappa shape index (κ2) is 8.94. The molecule has 0 aliphatic heterocycles. The maximum Gasteiger partial charge on any atom is 0.471 e. The molecule has 156 valence electrons. The number of benzene rings is 1. The van der Waals surface area contributed by atoms with E-state index in [0.29, 0.717) is 9.78 Å². The van der Waals surface area contributed by atoms with Gasteiger partial charge in [0.15, 0.2) is 6.04 Å². The van der Waals surface area contributed by atoms with Gasteiger partial charge in [-0.05, 0) is 48.6 Å². The summed E-state index contributed by atoms with van der Waals surface area (Å²) in [6, 6.07) is 5.50. The Morgan fingerprint density at radius 2 is 1.72 bits per heavy atom. The molecule has 1 heterocycles. The van der Waals surface area contributed by atoms with Crippen molar-refractivity contribution in [3.8, 4) is 0 Å². The van der Waals surface area contributed by atoms with Crippen LogP contribution in [0.5, 0.6) is 0 Å². The fourth-order valence-corrected chi connectivity index (χ4v) is 4.28. The van der Waals surface area contributed by atoms with E-state index in [1.165, 1.54) is 6.07 Å². The van der Waals surface area contributed by atoms with Gasteiger partial charge in [0.05, 0.1) is 0 Å². The Morgan fingerprint density at radius 3 is 2.28 bits per heavy atom. The van der Waals surface area contributed by atoms with Gasteiger partial charge in [-0.3, -0.25) is 14.5 Å². The highest BCUT2D eigenvalue weighted by Gasteiger charge is 2.47. The summed E-state index contributed by atoms with van der Waals surface area (Å²) in [5.41, 5.74) is -0.203. The summed E-state index contributed by atoms with van der Waals surface area (Å²) in [6.45, 7) is 0. The van der Waals surface area contributed by atoms with Gasteiger partial charge in [-0.15, -0.1) is 11.3 Å². The summed E-state index contributed by atoms with van der Waals surface area (Å²) < 4.78 is 53.5. The Kier molecular flexibility index (Phi) is 6.56. The number of thiophene rings is 1. The van der Waals surface area contributed by atoms with Gasteiger partial charge in [-0.25, -0.2) is 4.39 Å². The standard InChI is InChI=1S/C20H20F4N2O2S/c21-13-8-10-15(11-9-13)26(19(28)20(22,23)24)17(16-7-4-12-29-16)18(27)25-14-5-2-1-3-6-14/h4,7-12,14,17H,1-3,5-6H2,(H,25,27)/t17-/m1/s1. The van der Waals surface area contributed by atoms with Gasteiger partial charge in [0.25, 0.3) is 0 Å². The minimum atomic E-state index is -5.20. The van der Waals surface area contributed by atoms with Crippen LogP contribution in [0.1, 0.15) is 43.0 Å². The maximum atomic E-state index is 13.4. The average Bonchev–Trinajstić information content (AvgIpc) is 3.20. The van der Waals surface area contributed by atoms with Crippen LogP contribution in [0, 0.1) is 5.82 Å². The summed E-state index contributed by atoms with van der Waals surface area (Å²) in [5.74, 6) is -3.52. The van der Waals surface area contributed by atoms with Gasteiger partial charge in [0, 0.05) is 16.6 Å². The van der Waals surface area contributed by atoms with E-state index in [9.17, 15) is 27.2 Å². The van der Waals surface area contributed by atoms with Crippen molar-refractivity contribution < 1.29 is 27.2 Å². The van der Waals surface area contributed by atoms with E-state index in [2.05, 4.69) is 5.32 Å². The number of alkyl halides is 3. The van der Waals surface area contributed by atoms with Crippen LogP contribution >= 0.6 is 11.3 Å². The lowest BCUT2D eigenvalue weighted by atomic mass is 9.95. The highest BCUT2D eigenvalue weighted by atomic mass is 32.1. The van der Waals surface area contributed by atoms with E-state index in [1.807, 2.05) is 0 Å². The highest BCUT2D eigenvalue weighted by Crippen LogP contribution is 2.35. The molecule has 1 aliphatic carbocycles. The Bertz CT molecular complexity index is 831. The summed E-state index contributed by atoms with van der Waals surface area (Å²) in [7, 11) is 0. The molecule has 1 fully saturated rings. The summed E-state index contributed by atoms with van der Waals surface area (Å²) in [6.07, 6.45) is -0.807. The number of hydrogen-bond donors (Lipinski definition) is 1. The summed E-state index contributed by atoms with van der Waals surface area (Å²) in [4.78, 5) is 26.1. The van der Waals surface area contributed by atoms with Crippen LogP contribution in [0.3, 0.4) is 0 Å². The van der Waals surface area contributed by atoms with E-state index in [1.54, 1.807) is 11.4 Å². The van der Waals surface area contributed by atoms with Crippen molar-refractivity contribution in [3.63, 3.8) is 0 Å². The molecule has 1 saturated carbocycles. The zero-order valence-electron chi connectivity index (χ0n) is 15.4. The van der Waals surface area contributed by atoms with Gasteiger partial charge in [-0.2, -0.15) is 13.2 Å². The normalized spacial score (nSPS) is 16.3. The molecular weight excluding hydrogens is 408 g/mol. The van der Waals surface area contributed by atoms with Gasteiger partial charge in [-0.1, -0.05) is 25.3 Å². The molecule has 0 spiro atoms. The Balaban J connectivity index is 2.01. The monoisotopic (exact) mass is 428 g/mol. The van der Waals surface area contributed by atoms with Crippen molar-refractivity contribution in [1.82, 2.24) is 5.32 Å². The van der Waals surface area contributed by atoms with Gasteiger partial charge in [0.2, 0.25) is 5.91 Å². The lowest BCUT2D eigenvalue weighted by molar-refractivity contribution is -0.171. The van der Waals surface area contributed by atoms with Crippen LogP contribution in [0.2, 0.25) is 0 Å². The first-order chi connectivity index (χ1) is 13.8. The molecule has 29 heavy (non-hydrogen) atoms. The minimum Gasteiger partial charge on any atom is -0.351 e. The van der Waals surface area contributed by atoms with Crippen LogP contribution < -0.4 is 10.2 Å². The number of amides is 2. The van der Waals surface area contributed by atoms with Crippen molar-refractivity contribution in [2.75, 3.05) is 4.90 Å². The second-order valence-electron chi connectivity index (χ2n) is 6.91. The number of carbonyl (C=O) groups excluding carboxylic acids is 2. The molecule has 0 unspecified atom stereocenters. The lowest BCUT2D eigenvalue weighted by Gasteiger charge is -2.33. The first kappa shape index (κ1) is 21.3. The third kappa shape index (κ3) is 5.14. The number of carbonyl (C=O) groups is 2. The summed E-state index contributed by atoms with van der Waals surface area (Å²) >= 11 is 1.08. The third-order valence-corrected chi connectivity index (χ3v) is 5.76. The fourth-order valence-electron chi connectivity index (χ4n) is 3.47. The molecule has 9 heteroatoms. The molecule has 1 aromatic carbocycles. The molecule has 1 aliphatic rings. The number of rotatable bonds is 5. The average molecular weight is 428 g/mol. The van der Waals surface area contributed by atoms with Crippen molar-refractivity contribution in [3.05, 3.63) is 52.5 Å². The Labute approximate surface area is 169 Å². The number of nitrogens with zero attached hydrogens (tertiary/aromatic N) is 1. The number of hydrogen-bond acceptors (Lipinski definition) is 3. The molecule has 0 radical (unpaired) electrons. The molecule has 4 nitrogen and oxygen atoms in total. The van der Waals surface area contributed by atoms with Crippen LogP contribution in [0.15, 0.2) is 41.8 Å². The van der Waals surface area contributed by atoms with E-state index in [-0.39, 0.29) is 11.7 Å². The first-order valence-corrected chi connectivity index (χ1v) is 10.1. The number of halogens is 4. The number of nitrogens with one attached hydrogen (secondary N) is 1. The number of anilines is 1. The van der Waals surface area contributed by atoms with Crippen LogP contribution in [0.4, 0.5) is 23.2 Å². The smallest absolute Gasteiger partial charge is 0.351 e. The Hall–Kier alpha value is -2.42. The quantitative estimate of drug-likeness (QED) is 0.684. The third-order valence-electron chi connectivity index (χ3n) is 4.84. The van der Waals surface area contributed by atoms with Crippen molar-refractivity contribution in [2.24, 2.45) is 0 Å². The predicted octanol–water partition coefficient (Wildman–Crippen LogP) is 4.97. The summed E-state index contributed by atoms with van der Waals surface area (Å²) in [5, 5.41) is 4.43. The van der Waals surface area contributed by atoms with E-state index < -0.39 is 29.8 Å². The first-order valence-electron chi connectivity index (χ1n) is 9.27. The molecule has 3 rings (SSSR count). The van der Waals surface area contributed by atoms with Crippen LogP contribution in [-0.4, -0.2) is 24.0 Å². The lowest BCUT2D eigenvalue weighted by Crippen LogP contribution is -2.50. The highest BCUT2D eigenvalue weighted by molar-refractivity contribution is 7.10. The SMILES string of the molecule is O=C(NC1CCCCC1)[C@@H](c1cccs1)N(C(=O)C(F)(F)F)c1ccc(F)cc1. The van der Waals surface area contributed by atoms with Crippen molar-refractivity contribution >= 4 is 28.8 Å². The molecule has 1 N–H and O–H groups in total. The molecular formula is C20H20F4N2O2S. The van der Waals surface area contributed by atoms with Crippen molar-refractivity contribution in [1.29, 1.82) is 0 Å². The van der Waals surface area contributed by atoms with Gasteiger partial charge < -0.3 is 5.32 Å². The molecule has 0 saturated heterocycles. The molecule has 2 aromatic rings. The molecule has 1 aromatic heterocycles. The maximum absolute atomic E-state index is 13.4. The van der Waals surface area contributed by atoms with E-state index in [4.69, 9.17) is 0 Å². The van der Waals surface area contributed by atoms with Crippen LogP contribution in [0.25, 0.3) is 0 Å². The van der Waals surface area contributed by atoms with Crippen molar-refractivity contribution in [2.45, 2.75) is 50.4 Å². The zero-order chi connectivity index (χ0) is 21.0. The second-order valence-corrected chi connectivity index (χ2v) is 7.89. The van der Waals surface area contributed by atoms with Crippen LogP contribution in [-0.2, 0) is 9.59 Å². The topological polar surface area (TPSA) is 49.4 Å². The molecule has 2 amide bonds. The van der Waals surface area contributed by atoms with E-state index in [0.717, 1.165) is 67.7 Å². The molecule has 1 atom stereocenters. The predicted molar refractivity (Wildman–Crippen MR) is 102 cm³/mol. The van der Waals surface area contributed by atoms with E-state index >= 15 is 0 Å². The zero-order valence-corrected chi connectivity index (χ0v) is 16.2. The minimum absolute atomic E-state index is 0.144. The Morgan fingerprint density at radius 1 is 1.07 bits per heavy atom. The largest absolute Gasteiger partial charge is 0.471 e. The van der Waals surface area contributed by atoms with Gasteiger partial charge >= 0.3 is 12.1 Å². The molecule has 0 bridgehead atoms. The fraction of sp³-hybridized carbons (Fsp3) is 0.400.